The van der Waals surface area contributed by atoms with Gasteiger partial charge in [0.2, 0.25) is 10.0 Å². The van der Waals surface area contributed by atoms with Crippen LogP contribution in [0.1, 0.15) is 35.2 Å². The van der Waals surface area contributed by atoms with Crippen LogP contribution in [0.3, 0.4) is 0 Å². The average molecular weight is 377 g/mol. The lowest BCUT2D eigenvalue weighted by Crippen LogP contribution is -2.35. The number of carbonyl (C=O) groups is 1. The van der Waals surface area contributed by atoms with E-state index in [2.05, 4.69) is 10.5 Å². The number of hydrogen-bond donors (Lipinski definition) is 1. The van der Waals surface area contributed by atoms with Crippen molar-refractivity contribution in [3.05, 3.63) is 52.2 Å². The van der Waals surface area contributed by atoms with E-state index in [0.717, 1.165) is 24.8 Å². The number of thiophene rings is 1. The summed E-state index contributed by atoms with van der Waals surface area (Å²) < 4.78 is 26.9. The lowest BCUT2D eigenvalue weighted by Gasteiger charge is -2.25. The van der Waals surface area contributed by atoms with E-state index < -0.39 is 15.9 Å². The fourth-order valence-corrected chi connectivity index (χ4v) is 4.80. The minimum Gasteiger partial charge on any atom is -0.267 e. The van der Waals surface area contributed by atoms with E-state index in [4.69, 9.17) is 0 Å². The monoisotopic (exact) mass is 377 g/mol. The lowest BCUT2D eigenvalue weighted by molar-refractivity contribution is 0.0955. The van der Waals surface area contributed by atoms with Crippen molar-refractivity contribution >= 4 is 33.5 Å². The lowest BCUT2D eigenvalue weighted by atomic mass is 10.2. The largest absolute Gasteiger partial charge is 0.271 e. The van der Waals surface area contributed by atoms with Gasteiger partial charge in [-0.15, -0.1) is 0 Å². The quantitative estimate of drug-likeness (QED) is 0.643. The highest BCUT2D eigenvalue weighted by atomic mass is 32.2. The number of hydrazone groups is 1. The fourth-order valence-electron chi connectivity index (χ4n) is 2.63. The van der Waals surface area contributed by atoms with Crippen molar-refractivity contribution in [3.8, 4) is 0 Å². The van der Waals surface area contributed by atoms with E-state index in [0.29, 0.717) is 13.1 Å². The number of sulfonamides is 1. The van der Waals surface area contributed by atoms with Crippen LogP contribution in [-0.2, 0) is 10.0 Å². The summed E-state index contributed by atoms with van der Waals surface area (Å²) in [5.41, 5.74) is 3.58. The van der Waals surface area contributed by atoms with Crippen LogP contribution < -0.4 is 5.43 Å². The van der Waals surface area contributed by atoms with Gasteiger partial charge in [-0.05, 0) is 47.9 Å². The minimum atomic E-state index is -3.56. The number of piperidine rings is 1. The van der Waals surface area contributed by atoms with Crippen LogP contribution in [0, 0.1) is 0 Å². The minimum absolute atomic E-state index is 0.142. The van der Waals surface area contributed by atoms with E-state index in [1.54, 1.807) is 18.3 Å². The topological polar surface area (TPSA) is 78.8 Å². The van der Waals surface area contributed by atoms with Crippen LogP contribution in [0.15, 0.2) is 51.1 Å². The number of nitrogens with zero attached hydrogens (tertiary/aromatic N) is 2. The first-order chi connectivity index (χ1) is 12.1. The van der Waals surface area contributed by atoms with E-state index in [9.17, 15) is 13.2 Å². The third-order valence-corrected chi connectivity index (χ3v) is 6.57. The Hall–Kier alpha value is -2.03. The maximum absolute atomic E-state index is 12.7. The van der Waals surface area contributed by atoms with Crippen LogP contribution in [0.25, 0.3) is 0 Å². The predicted octanol–water partition coefficient (Wildman–Crippen LogP) is 2.69. The smallest absolute Gasteiger partial charge is 0.267 e. The molecule has 132 valence electrons. The maximum Gasteiger partial charge on any atom is 0.271 e. The number of carbonyl (C=O) groups excluding carboxylic acids is 1. The summed E-state index contributed by atoms with van der Waals surface area (Å²) in [5, 5.41) is 7.71. The summed E-state index contributed by atoms with van der Waals surface area (Å²) in [6.45, 7) is 1.06. The molecule has 8 heteroatoms. The van der Waals surface area contributed by atoms with Crippen molar-refractivity contribution in [2.24, 2.45) is 5.10 Å². The maximum atomic E-state index is 12.7. The fraction of sp³-hybridized carbons (Fsp3) is 0.294. The Morgan fingerprint density at radius 3 is 2.72 bits per heavy atom. The molecule has 0 aliphatic carbocycles. The van der Waals surface area contributed by atoms with Gasteiger partial charge in [-0.2, -0.15) is 20.7 Å². The highest BCUT2D eigenvalue weighted by molar-refractivity contribution is 7.89. The van der Waals surface area contributed by atoms with Gasteiger partial charge in [-0.1, -0.05) is 12.5 Å². The Labute approximate surface area is 151 Å². The van der Waals surface area contributed by atoms with Crippen molar-refractivity contribution in [2.45, 2.75) is 24.2 Å². The van der Waals surface area contributed by atoms with Crippen LogP contribution in [0.4, 0.5) is 0 Å². The van der Waals surface area contributed by atoms with Crippen LogP contribution in [-0.4, -0.2) is 37.9 Å². The molecule has 0 atom stereocenters. The second kappa shape index (κ2) is 7.90. The van der Waals surface area contributed by atoms with Gasteiger partial charge in [0, 0.05) is 24.2 Å². The first-order valence-electron chi connectivity index (χ1n) is 8.03. The summed E-state index contributed by atoms with van der Waals surface area (Å²) >= 11 is 1.54. The summed E-state index contributed by atoms with van der Waals surface area (Å²) in [6.07, 6.45) is 4.34. The Kier molecular flexibility index (Phi) is 5.62. The molecule has 1 aromatic heterocycles. The standard InChI is InChI=1S/C17H19N3O3S2/c21-17(19-18-12-14-7-10-24-13-14)15-5-4-6-16(11-15)25(22,23)20-8-2-1-3-9-20/h4-7,10-13H,1-3,8-9H2,(H,19,21)/b18-12-. The van der Waals surface area contributed by atoms with Crippen LogP contribution in [0.5, 0.6) is 0 Å². The van der Waals surface area contributed by atoms with Crippen molar-refractivity contribution in [2.75, 3.05) is 13.1 Å². The van der Waals surface area contributed by atoms with Crippen molar-refractivity contribution in [1.82, 2.24) is 9.73 Å². The van der Waals surface area contributed by atoms with Gasteiger partial charge in [-0.3, -0.25) is 4.79 Å². The van der Waals surface area contributed by atoms with Gasteiger partial charge in [0.05, 0.1) is 11.1 Å². The molecule has 1 aliphatic heterocycles. The third-order valence-electron chi connectivity index (χ3n) is 3.97. The molecule has 25 heavy (non-hydrogen) atoms. The van der Waals surface area contributed by atoms with E-state index in [1.165, 1.54) is 27.8 Å². The molecule has 1 aliphatic rings. The molecule has 0 spiro atoms. The summed E-state index contributed by atoms with van der Waals surface area (Å²) in [4.78, 5) is 12.3. The molecule has 0 radical (unpaired) electrons. The zero-order valence-corrected chi connectivity index (χ0v) is 15.2. The summed E-state index contributed by atoms with van der Waals surface area (Å²) in [7, 11) is -3.56. The molecular formula is C17H19N3O3S2. The molecular weight excluding hydrogens is 358 g/mol. The van der Waals surface area contributed by atoms with Gasteiger partial charge in [0.1, 0.15) is 0 Å². The Bertz CT molecular complexity index is 855. The molecule has 2 aromatic rings. The molecule has 1 fully saturated rings. The summed E-state index contributed by atoms with van der Waals surface area (Å²) in [5.74, 6) is -0.442. The zero-order valence-electron chi connectivity index (χ0n) is 13.6. The highest BCUT2D eigenvalue weighted by Crippen LogP contribution is 2.21. The van der Waals surface area contributed by atoms with Gasteiger partial charge in [0.25, 0.3) is 5.91 Å². The van der Waals surface area contributed by atoms with Crippen LogP contribution >= 0.6 is 11.3 Å². The molecule has 0 unspecified atom stereocenters. The zero-order chi connectivity index (χ0) is 17.7. The summed E-state index contributed by atoms with van der Waals surface area (Å²) in [6, 6.07) is 7.96. The van der Waals surface area contributed by atoms with Gasteiger partial charge >= 0.3 is 0 Å². The first kappa shape index (κ1) is 17.8. The van der Waals surface area contributed by atoms with Crippen molar-refractivity contribution in [3.63, 3.8) is 0 Å². The van der Waals surface area contributed by atoms with Crippen LogP contribution in [0.2, 0.25) is 0 Å². The Balaban J connectivity index is 1.73. The van der Waals surface area contributed by atoms with Gasteiger partial charge in [-0.25, -0.2) is 13.8 Å². The number of benzene rings is 1. The number of hydrogen-bond acceptors (Lipinski definition) is 5. The van der Waals surface area contributed by atoms with E-state index in [1.807, 2.05) is 16.8 Å². The number of amides is 1. The van der Waals surface area contributed by atoms with Gasteiger partial charge in [0.15, 0.2) is 0 Å². The molecule has 0 saturated carbocycles. The van der Waals surface area contributed by atoms with E-state index >= 15 is 0 Å². The molecule has 1 N–H and O–H groups in total. The molecule has 1 amide bonds. The van der Waals surface area contributed by atoms with E-state index in [-0.39, 0.29) is 10.5 Å². The van der Waals surface area contributed by atoms with Crippen molar-refractivity contribution in [1.29, 1.82) is 0 Å². The first-order valence-corrected chi connectivity index (χ1v) is 10.4. The number of rotatable bonds is 5. The second-order valence-corrected chi connectivity index (χ2v) is 8.47. The molecule has 1 aromatic carbocycles. The SMILES string of the molecule is O=C(N/N=C\c1ccsc1)c1cccc(S(=O)(=O)N2CCCCC2)c1. The molecule has 6 nitrogen and oxygen atoms in total. The molecule has 2 heterocycles. The Morgan fingerprint density at radius 2 is 2.00 bits per heavy atom. The Morgan fingerprint density at radius 1 is 1.20 bits per heavy atom. The molecule has 1 saturated heterocycles. The normalized spacial score (nSPS) is 16.2. The second-order valence-electron chi connectivity index (χ2n) is 5.75. The molecule has 3 rings (SSSR count). The predicted molar refractivity (Wildman–Crippen MR) is 98.4 cm³/mol. The third kappa shape index (κ3) is 4.33. The van der Waals surface area contributed by atoms with Gasteiger partial charge < -0.3 is 0 Å². The molecule has 0 bridgehead atoms. The highest BCUT2D eigenvalue weighted by Gasteiger charge is 2.26. The number of nitrogens with one attached hydrogen (secondary N) is 1. The average Bonchev–Trinajstić information content (AvgIpc) is 3.16. The van der Waals surface area contributed by atoms with Crippen molar-refractivity contribution < 1.29 is 13.2 Å².